The molecule has 0 radical (unpaired) electrons. The molecule has 0 fully saturated rings. The fourth-order valence-electron chi connectivity index (χ4n) is 3.81. The third kappa shape index (κ3) is 2.90. The Hall–Kier alpha value is -2.04. The van der Waals surface area contributed by atoms with Crippen LogP contribution in [0, 0.1) is 0 Å². The fourth-order valence-corrected chi connectivity index (χ4v) is 4.21. The zero-order valence-corrected chi connectivity index (χ0v) is 15.5. The topological polar surface area (TPSA) is 24.5 Å². The first kappa shape index (κ1) is 16.4. The van der Waals surface area contributed by atoms with Crippen molar-refractivity contribution in [2.24, 2.45) is 0 Å². The fraction of sp³-hybridized carbons (Fsp3) is 0.250. The van der Waals surface area contributed by atoms with Crippen molar-refractivity contribution in [3.05, 3.63) is 64.2 Å². The zero-order chi connectivity index (χ0) is 17.4. The van der Waals surface area contributed by atoms with E-state index in [-0.39, 0.29) is 6.04 Å². The smallest absolute Gasteiger partial charge is 0.118 e. The lowest BCUT2D eigenvalue weighted by molar-refractivity contribution is 0.357. The van der Waals surface area contributed by atoms with Crippen LogP contribution in [0.4, 0.5) is 5.69 Å². The van der Waals surface area contributed by atoms with Gasteiger partial charge in [-0.15, -0.1) is 0 Å². The van der Waals surface area contributed by atoms with Crippen LogP contribution in [0.25, 0.3) is 5.57 Å². The molecule has 2 aliphatic rings. The standard InChI is InChI=1S/C20H19ClN2OS/c1-24-15-5-2-13(3-6-15)20-18-11-22-19-7-4-14(21)10-17(19)16(18)8-9-23(20)12-25/h2-7,10,12,20,22H,8-9,11H2,1H3. The quantitative estimate of drug-likeness (QED) is 0.774. The Morgan fingerprint density at radius 2 is 2.04 bits per heavy atom. The molecule has 5 heteroatoms. The Morgan fingerprint density at radius 3 is 2.76 bits per heavy atom. The molecule has 0 amide bonds. The van der Waals surface area contributed by atoms with Gasteiger partial charge in [0.1, 0.15) is 5.75 Å². The molecule has 1 unspecified atom stereocenters. The maximum Gasteiger partial charge on any atom is 0.118 e. The molecular weight excluding hydrogens is 352 g/mol. The van der Waals surface area contributed by atoms with E-state index in [0.717, 1.165) is 36.0 Å². The van der Waals surface area contributed by atoms with Gasteiger partial charge in [0.15, 0.2) is 0 Å². The molecule has 1 atom stereocenters. The molecule has 0 spiro atoms. The summed E-state index contributed by atoms with van der Waals surface area (Å²) in [4.78, 5) is 2.24. The summed E-state index contributed by atoms with van der Waals surface area (Å²) in [5.74, 6) is 0.863. The zero-order valence-electron chi connectivity index (χ0n) is 14.0. The molecule has 2 aromatic carbocycles. The molecule has 0 aliphatic carbocycles. The van der Waals surface area contributed by atoms with Crippen LogP contribution < -0.4 is 10.1 Å². The highest BCUT2D eigenvalue weighted by Crippen LogP contribution is 2.44. The van der Waals surface area contributed by atoms with Gasteiger partial charge in [0.05, 0.1) is 18.6 Å². The number of anilines is 1. The molecule has 0 aromatic heterocycles. The van der Waals surface area contributed by atoms with Crippen LogP contribution in [-0.2, 0) is 0 Å². The van der Waals surface area contributed by atoms with Crippen LogP contribution >= 0.6 is 23.8 Å². The second-order valence-corrected chi connectivity index (χ2v) is 6.96. The van der Waals surface area contributed by atoms with Crippen molar-refractivity contribution in [3.63, 3.8) is 0 Å². The molecule has 128 valence electrons. The number of hydrogen-bond donors (Lipinski definition) is 1. The second-order valence-electron chi connectivity index (χ2n) is 6.32. The minimum absolute atomic E-state index is 0.145. The number of thiocarbonyl (C=S) groups is 1. The Balaban J connectivity index is 1.83. The molecule has 4 rings (SSSR count). The van der Waals surface area contributed by atoms with Crippen LogP contribution in [0.3, 0.4) is 0 Å². The van der Waals surface area contributed by atoms with Crippen LogP contribution in [-0.4, -0.2) is 30.6 Å². The number of rotatable bonds is 3. The molecule has 0 saturated carbocycles. The van der Waals surface area contributed by atoms with Gasteiger partial charge >= 0.3 is 0 Å². The Labute approximate surface area is 158 Å². The van der Waals surface area contributed by atoms with Crippen molar-refractivity contribution in [2.75, 3.05) is 25.5 Å². The molecule has 25 heavy (non-hydrogen) atoms. The highest BCUT2D eigenvalue weighted by molar-refractivity contribution is 7.78. The van der Waals surface area contributed by atoms with Crippen LogP contribution in [0.1, 0.15) is 23.6 Å². The van der Waals surface area contributed by atoms with E-state index in [4.69, 9.17) is 28.6 Å². The van der Waals surface area contributed by atoms with Crippen molar-refractivity contribution in [1.82, 2.24) is 4.90 Å². The normalized spacial score (nSPS) is 19.0. The third-order valence-electron chi connectivity index (χ3n) is 5.01. The van der Waals surface area contributed by atoms with Crippen molar-refractivity contribution < 1.29 is 4.74 Å². The van der Waals surface area contributed by atoms with Crippen molar-refractivity contribution in [1.29, 1.82) is 0 Å². The minimum Gasteiger partial charge on any atom is -0.497 e. The van der Waals surface area contributed by atoms with E-state index in [9.17, 15) is 0 Å². The van der Waals surface area contributed by atoms with Crippen LogP contribution in [0.15, 0.2) is 48.0 Å². The Morgan fingerprint density at radius 1 is 1.24 bits per heavy atom. The van der Waals surface area contributed by atoms with Crippen molar-refractivity contribution in [3.8, 4) is 5.75 Å². The molecule has 2 aliphatic heterocycles. The van der Waals surface area contributed by atoms with Gasteiger partial charge in [-0.2, -0.15) is 0 Å². The van der Waals surface area contributed by atoms with E-state index < -0.39 is 0 Å². The number of methoxy groups -OCH3 is 1. The van der Waals surface area contributed by atoms with Gasteiger partial charge in [0, 0.05) is 29.4 Å². The number of fused-ring (bicyclic) bond motifs is 2. The summed E-state index contributed by atoms with van der Waals surface area (Å²) in [7, 11) is 1.69. The average molecular weight is 371 g/mol. The summed E-state index contributed by atoms with van der Waals surface area (Å²) in [5.41, 5.74) is 8.15. The van der Waals surface area contributed by atoms with Gasteiger partial charge in [0.25, 0.3) is 0 Å². The molecule has 1 N–H and O–H groups in total. The highest BCUT2D eigenvalue weighted by Gasteiger charge is 2.32. The lowest BCUT2D eigenvalue weighted by Gasteiger charge is -2.41. The SMILES string of the molecule is COc1ccc(C2C3=C(CCN2C=S)c2cc(Cl)ccc2NC3)cc1. The summed E-state index contributed by atoms with van der Waals surface area (Å²) >= 11 is 11.6. The van der Waals surface area contributed by atoms with Crippen LogP contribution in [0.5, 0.6) is 5.75 Å². The largest absolute Gasteiger partial charge is 0.497 e. The third-order valence-corrected chi connectivity index (χ3v) is 5.52. The second kappa shape index (κ2) is 6.70. The lowest BCUT2D eigenvalue weighted by Crippen LogP contribution is -2.37. The molecular formula is C20H19ClN2OS. The summed E-state index contributed by atoms with van der Waals surface area (Å²) in [6.07, 6.45) is 0.976. The first-order valence-corrected chi connectivity index (χ1v) is 9.17. The molecule has 3 nitrogen and oxygen atoms in total. The van der Waals surface area contributed by atoms with E-state index in [0.29, 0.717) is 0 Å². The van der Waals surface area contributed by atoms with E-state index >= 15 is 0 Å². The molecule has 2 aromatic rings. The summed E-state index contributed by atoms with van der Waals surface area (Å²) in [5, 5.41) is 4.31. The first-order valence-electron chi connectivity index (χ1n) is 8.32. The van der Waals surface area contributed by atoms with Crippen molar-refractivity contribution >= 4 is 40.6 Å². The Kier molecular flexibility index (Phi) is 4.40. The number of hydrogen-bond acceptors (Lipinski definition) is 3. The van der Waals surface area contributed by atoms with E-state index in [1.807, 2.05) is 18.2 Å². The number of ether oxygens (including phenoxy) is 1. The number of nitrogens with one attached hydrogen (secondary N) is 1. The number of benzene rings is 2. The molecule has 2 heterocycles. The van der Waals surface area contributed by atoms with E-state index in [2.05, 4.69) is 34.5 Å². The van der Waals surface area contributed by atoms with Gasteiger partial charge in [0.2, 0.25) is 0 Å². The van der Waals surface area contributed by atoms with Gasteiger partial charge < -0.3 is 15.0 Å². The van der Waals surface area contributed by atoms with E-state index in [1.165, 1.54) is 22.3 Å². The lowest BCUT2D eigenvalue weighted by atomic mass is 9.82. The summed E-state index contributed by atoms with van der Waals surface area (Å²) in [6.45, 7) is 1.73. The summed E-state index contributed by atoms with van der Waals surface area (Å²) < 4.78 is 5.29. The molecule has 0 saturated heterocycles. The first-order chi connectivity index (χ1) is 12.2. The van der Waals surface area contributed by atoms with Gasteiger partial charge in [-0.3, -0.25) is 0 Å². The van der Waals surface area contributed by atoms with Crippen LogP contribution in [0.2, 0.25) is 5.02 Å². The molecule has 0 bridgehead atoms. The number of nitrogens with zero attached hydrogens (tertiary/aromatic N) is 1. The summed E-state index contributed by atoms with van der Waals surface area (Å²) in [6, 6.07) is 14.5. The van der Waals surface area contributed by atoms with Gasteiger partial charge in [-0.05, 0) is 53.5 Å². The monoisotopic (exact) mass is 370 g/mol. The van der Waals surface area contributed by atoms with Gasteiger partial charge in [-0.1, -0.05) is 36.0 Å². The minimum atomic E-state index is 0.145. The predicted molar refractivity (Wildman–Crippen MR) is 108 cm³/mol. The maximum absolute atomic E-state index is 6.25. The maximum atomic E-state index is 6.25. The Bertz CT molecular complexity index is 847. The van der Waals surface area contributed by atoms with Crippen molar-refractivity contribution in [2.45, 2.75) is 12.5 Å². The average Bonchev–Trinajstić information content (AvgIpc) is 2.66. The number of halogens is 1. The highest BCUT2D eigenvalue weighted by atomic mass is 35.5. The van der Waals surface area contributed by atoms with Gasteiger partial charge in [-0.25, -0.2) is 0 Å². The van der Waals surface area contributed by atoms with E-state index in [1.54, 1.807) is 12.6 Å². The predicted octanol–water partition coefficient (Wildman–Crippen LogP) is 4.93.